The molecule has 0 aliphatic rings. The minimum atomic E-state index is -0.850. The summed E-state index contributed by atoms with van der Waals surface area (Å²) in [6, 6.07) is 16.7. The number of rotatable bonds is 4. The molecule has 21 heavy (non-hydrogen) atoms. The van der Waals surface area contributed by atoms with Gasteiger partial charge in [-0.3, -0.25) is 0 Å². The van der Waals surface area contributed by atoms with Crippen LogP contribution in [0, 0.1) is 0 Å². The lowest BCUT2D eigenvalue weighted by Gasteiger charge is -2.05. The fourth-order valence-corrected chi connectivity index (χ4v) is 2.74. The first-order valence-electron chi connectivity index (χ1n) is 7.04. The molecule has 0 aliphatic heterocycles. The minimum Gasteiger partial charge on any atom is -0.478 e. The normalized spacial score (nSPS) is 12.1. The van der Waals surface area contributed by atoms with Crippen molar-refractivity contribution in [2.24, 2.45) is 0 Å². The maximum Gasteiger partial charge on any atom is 0.330 e. The van der Waals surface area contributed by atoms with E-state index in [9.17, 15) is 4.79 Å². The lowest BCUT2D eigenvalue weighted by molar-refractivity contribution is -0.132. The first kappa shape index (κ1) is 13.4. The van der Waals surface area contributed by atoms with Crippen molar-refractivity contribution in [2.75, 3.05) is 0 Å². The number of nitrogens with zero attached hydrogens (tertiary/aromatic N) is 1. The summed E-state index contributed by atoms with van der Waals surface area (Å²) in [5.41, 5.74) is 2.79. The van der Waals surface area contributed by atoms with Crippen molar-refractivity contribution in [1.82, 2.24) is 4.57 Å². The van der Waals surface area contributed by atoms with E-state index >= 15 is 0 Å². The molecule has 1 heterocycles. The number of hydrogen-bond donors (Lipinski definition) is 1. The molecule has 1 N–H and O–H groups in total. The van der Waals surface area contributed by atoms with Crippen molar-refractivity contribution in [2.45, 2.75) is 19.9 Å². The van der Waals surface area contributed by atoms with E-state index in [-0.39, 0.29) is 0 Å². The molecule has 0 saturated carbocycles. The van der Waals surface area contributed by atoms with Gasteiger partial charge in [0, 0.05) is 33.9 Å². The number of aromatic nitrogens is 1. The fourth-order valence-electron chi connectivity index (χ4n) is 2.74. The molecule has 3 nitrogen and oxygen atoms in total. The molecule has 0 bridgehead atoms. The number of hydrogen-bond acceptors (Lipinski definition) is 1. The Labute approximate surface area is 123 Å². The number of allylic oxidation sites excluding steroid dienone is 1. The molecule has 1 aromatic heterocycles. The third-order valence-corrected chi connectivity index (χ3v) is 3.82. The predicted octanol–water partition coefficient (Wildman–Crippen LogP) is 4.22. The summed E-state index contributed by atoms with van der Waals surface area (Å²) in [5.74, 6) is -0.850. The summed E-state index contributed by atoms with van der Waals surface area (Å²) in [6.07, 6.45) is 2.49. The Morgan fingerprint density at radius 3 is 2.10 bits per heavy atom. The van der Waals surface area contributed by atoms with Gasteiger partial charge < -0.3 is 9.67 Å². The second-order valence-corrected chi connectivity index (χ2v) is 5.17. The molecule has 0 atom stereocenters. The van der Waals surface area contributed by atoms with E-state index in [0.29, 0.717) is 12.0 Å². The number of fused-ring (bicyclic) bond motifs is 3. The molecule has 0 radical (unpaired) electrons. The summed E-state index contributed by atoms with van der Waals surface area (Å²) < 4.78 is 2.26. The molecule has 0 saturated heterocycles. The topological polar surface area (TPSA) is 42.2 Å². The molecule has 3 heteroatoms. The van der Waals surface area contributed by atoms with Gasteiger partial charge in [-0.2, -0.15) is 0 Å². The standard InChI is InChI=1S/C18H17NO2/c1-13(18(20)21)7-6-12-19-16-10-4-2-8-14(16)15-9-3-5-11-17(15)19/h2-5,7-11H,6,12H2,1H3,(H,20,21). The van der Waals surface area contributed by atoms with E-state index in [2.05, 4.69) is 28.8 Å². The Bertz CT molecular complexity index is 789. The first-order valence-corrected chi connectivity index (χ1v) is 7.04. The van der Waals surface area contributed by atoms with E-state index in [1.54, 1.807) is 13.0 Å². The van der Waals surface area contributed by atoms with Crippen LogP contribution in [-0.4, -0.2) is 15.6 Å². The van der Waals surface area contributed by atoms with Crippen molar-refractivity contribution in [1.29, 1.82) is 0 Å². The SMILES string of the molecule is CC(=CCCn1c2ccccc2c2ccccc21)C(=O)O. The summed E-state index contributed by atoms with van der Waals surface area (Å²) in [6.45, 7) is 2.41. The lowest BCUT2D eigenvalue weighted by atomic mass is 10.2. The number of para-hydroxylation sites is 2. The highest BCUT2D eigenvalue weighted by Crippen LogP contribution is 2.28. The summed E-state index contributed by atoms with van der Waals surface area (Å²) in [5, 5.41) is 11.4. The van der Waals surface area contributed by atoms with Gasteiger partial charge in [0.15, 0.2) is 0 Å². The van der Waals surface area contributed by atoms with Crippen LogP contribution in [0.25, 0.3) is 21.8 Å². The molecule has 3 rings (SSSR count). The average Bonchev–Trinajstić information content (AvgIpc) is 2.82. The smallest absolute Gasteiger partial charge is 0.330 e. The maximum absolute atomic E-state index is 10.8. The number of benzene rings is 2. The van der Waals surface area contributed by atoms with Crippen LogP contribution in [0.1, 0.15) is 13.3 Å². The van der Waals surface area contributed by atoms with Crippen LogP contribution in [0.15, 0.2) is 60.2 Å². The largest absolute Gasteiger partial charge is 0.478 e. The van der Waals surface area contributed by atoms with Gasteiger partial charge in [0.1, 0.15) is 0 Å². The Hall–Kier alpha value is -2.55. The van der Waals surface area contributed by atoms with Gasteiger partial charge in [0.05, 0.1) is 0 Å². The van der Waals surface area contributed by atoms with Gasteiger partial charge in [-0.1, -0.05) is 42.5 Å². The zero-order chi connectivity index (χ0) is 14.8. The predicted molar refractivity (Wildman–Crippen MR) is 85.5 cm³/mol. The van der Waals surface area contributed by atoms with Crippen LogP contribution in [0.3, 0.4) is 0 Å². The summed E-state index contributed by atoms with van der Waals surface area (Å²) in [4.78, 5) is 10.8. The molecule has 2 aromatic carbocycles. The van der Waals surface area contributed by atoms with Crippen LogP contribution < -0.4 is 0 Å². The quantitative estimate of drug-likeness (QED) is 0.727. The second-order valence-electron chi connectivity index (χ2n) is 5.17. The van der Waals surface area contributed by atoms with E-state index in [1.807, 2.05) is 24.3 Å². The molecule has 0 spiro atoms. The zero-order valence-corrected chi connectivity index (χ0v) is 11.9. The first-order chi connectivity index (χ1) is 10.2. The van der Waals surface area contributed by atoms with Gasteiger partial charge in [-0.25, -0.2) is 4.79 Å². The van der Waals surface area contributed by atoms with Crippen LogP contribution in [0.4, 0.5) is 0 Å². The van der Waals surface area contributed by atoms with Gasteiger partial charge >= 0.3 is 5.97 Å². The maximum atomic E-state index is 10.8. The zero-order valence-electron chi connectivity index (χ0n) is 11.9. The molecule has 0 fully saturated rings. The van der Waals surface area contributed by atoms with Crippen molar-refractivity contribution in [3.05, 3.63) is 60.2 Å². The van der Waals surface area contributed by atoms with Gasteiger partial charge in [0.2, 0.25) is 0 Å². The highest BCUT2D eigenvalue weighted by Gasteiger charge is 2.08. The molecule has 0 aliphatic carbocycles. The number of aryl methyl sites for hydroxylation is 1. The average molecular weight is 279 g/mol. The molecule has 106 valence electrons. The van der Waals surface area contributed by atoms with Crippen LogP contribution in [0.2, 0.25) is 0 Å². The van der Waals surface area contributed by atoms with Gasteiger partial charge in [0.25, 0.3) is 0 Å². The van der Waals surface area contributed by atoms with Gasteiger partial charge in [-0.05, 0) is 25.5 Å². The second kappa shape index (κ2) is 5.44. The Kier molecular flexibility index (Phi) is 3.48. The Morgan fingerprint density at radius 2 is 1.57 bits per heavy atom. The van der Waals surface area contributed by atoms with E-state index < -0.39 is 5.97 Å². The third-order valence-electron chi connectivity index (χ3n) is 3.82. The van der Waals surface area contributed by atoms with E-state index in [0.717, 1.165) is 6.54 Å². The van der Waals surface area contributed by atoms with Crippen molar-refractivity contribution < 1.29 is 9.90 Å². The molecule has 0 amide bonds. The summed E-state index contributed by atoms with van der Waals surface area (Å²) in [7, 11) is 0. The summed E-state index contributed by atoms with van der Waals surface area (Å²) >= 11 is 0. The number of carboxylic acid groups (broad SMARTS) is 1. The van der Waals surface area contributed by atoms with Crippen molar-refractivity contribution >= 4 is 27.8 Å². The Morgan fingerprint density at radius 1 is 1.05 bits per heavy atom. The number of aliphatic carboxylic acids is 1. The fraction of sp³-hybridized carbons (Fsp3) is 0.167. The minimum absolute atomic E-state index is 0.399. The van der Waals surface area contributed by atoms with Crippen molar-refractivity contribution in [3.63, 3.8) is 0 Å². The highest BCUT2D eigenvalue weighted by molar-refractivity contribution is 6.07. The van der Waals surface area contributed by atoms with Crippen LogP contribution >= 0.6 is 0 Å². The highest BCUT2D eigenvalue weighted by atomic mass is 16.4. The lowest BCUT2D eigenvalue weighted by Crippen LogP contribution is -1.99. The molecular weight excluding hydrogens is 262 g/mol. The Balaban J connectivity index is 2.04. The van der Waals surface area contributed by atoms with E-state index in [1.165, 1.54) is 21.8 Å². The molecule has 3 aromatic rings. The van der Waals surface area contributed by atoms with E-state index in [4.69, 9.17) is 5.11 Å². The van der Waals surface area contributed by atoms with Crippen LogP contribution in [0.5, 0.6) is 0 Å². The monoisotopic (exact) mass is 279 g/mol. The van der Waals surface area contributed by atoms with Crippen molar-refractivity contribution in [3.8, 4) is 0 Å². The van der Waals surface area contributed by atoms with Crippen LogP contribution in [-0.2, 0) is 11.3 Å². The number of carboxylic acids is 1. The third kappa shape index (κ3) is 2.42. The molecule has 0 unspecified atom stereocenters. The molecular formula is C18H17NO2. The van der Waals surface area contributed by atoms with Gasteiger partial charge in [-0.15, -0.1) is 0 Å². The number of carbonyl (C=O) groups is 1.